The van der Waals surface area contributed by atoms with E-state index in [0.29, 0.717) is 47.7 Å². The number of fused-ring (bicyclic) bond motifs is 2. The van der Waals surface area contributed by atoms with Gasteiger partial charge in [-0.1, -0.05) is 35.0 Å². The van der Waals surface area contributed by atoms with Gasteiger partial charge in [0.2, 0.25) is 5.82 Å². The zero-order chi connectivity index (χ0) is 39.9. The molecule has 0 atom stereocenters. The molecule has 8 N–H and O–H groups in total. The van der Waals surface area contributed by atoms with Crippen LogP contribution < -0.4 is 25.8 Å². The molecule has 0 aliphatic carbocycles. The van der Waals surface area contributed by atoms with E-state index in [-0.39, 0.29) is 32.2 Å². The molecular formula is C41H48ClFN6O7. The number of aliphatic hydroxyl groups excluding tert-OH is 4. The van der Waals surface area contributed by atoms with Gasteiger partial charge in [-0.3, -0.25) is 4.90 Å². The van der Waals surface area contributed by atoms with E-state index in [9.17, 15) is 24.8 Å². The maximum Gasteiger partial charge on any atom is 0.258 e. The SMILES string of the molecule is COc1ccc(-c2nc(-c3ccc4c(c3)CCN4CC(N)(CO)CO)no2)cc1Cl.NC(CO)(CO)CN1CCc2cc(OCc3cccc(F)c3)ccc2C1. The number of rotatable bonds is 14. The largest absolute Gasteiger partial charge is 0.495 e. The summed E-state index contributed by atoms with van der Waals surface area (Å²) in [6, 6.07) is 23.6. The predicted octanol–water partition coefficient (Wildman–Crippen LogP) is 3.56. The predicted molar refractivity (Wildman–Crippen MR) is 211 cm³/mol. The van der Waals surface area contributed by atoms with Crippen LogP contribution in [0.3, 0.4) is 0 Å². The van der Waals surface area contributed by atoms with Gasteiger partial charge in [0.25, 0.3) is 5.89 Å². The van der Waals surface area contributed by atoms with E-state index in [0.717, 1.165) is 60.6 Å². The summed E-state index contributed by atoms with van der Waals surface area (Å²) in [4.78, 5) is 8.72. The number of benzene rings is 4. The number of methoxy groups -OCH3 is 1. The molecule has 298 valence electrons. The number of hydrogen-bond acceptors (Lipinski definition) is 13. The van der Waals surface area contributed by atoms with Crippen LogP contribution in [0.5, 0.6) is 11.5 Å². The van der Waals surface area contributed by atoms with E-state index in [1.807, 2.05) is 48.5 Å². The molecule has 0 saturated heterocycles. The van der Waals surface area contributed by atoms with Crippen molar-refractivity contribution in [2.75, 3.05) is 64.6 Å². The van der Waals surface area contributed by atoms with Crippen LogP contribution in [-0.4, -0.2) is 106 Å². The summed E-state index contributed by atoms with van der Waals surface area (Å²) in [6.45, 7) is 2.36. The van der Waals surface area contributed by atoms with E-state index in [1.54, 1.807) is 25.3 Å². The summed E-state index contributed by atoms with van der Waals surface area (Å²) in [5, 5.41) is 42.3. The molecule has 0 unspecified atom stereocenters. The molecule has 0 amide bonds. The first kappa shape index (κ1) is 41.0. The van der Waals surface area contributed by atoms with E-state index in [1.165, 1.54) is 23.3 Å². The Hall–Kier alpha value is -4.64. The number of halogens is 2. The maximum atomic E-state index is 13.2. The standard InChI is InChI=1S/C21H23ClN4O4.C20H25FN2O3/c1-29-18-5-3-15(9-16(18)22)20-24-19(25-30-20)14-2-4-17-13(8-14)6-7-26(17)10-21(23,11-27)12-28;21-18-3-1-2-15(8-18)11-26-19-5-4-17-10-23(7-6-16(17)9-19)12-20(22,13-24)14-25/h2-5,8-9,27-28H,6-7,10-12,23H2,1H3;1-5,8-9,24-25H,6-7,10-14,22H2. The highest BCUT2D eigenvalue weighted by Crippen LogP contribution is 2.34. The van der Waals surface area contributed by atoms with Crippen molar-refractivity contribution < 1.29 is 38.8 Å². The molecule has 0 radical (unpaired) electrons. The first-order valence-electron chi connectivity index (χ1n) is 18.3. The summed E-state index contributed by atoms with van der Waals surface area (Å²) >= 11 is 6.19. The monoisotopic (exact) mass is 790 g/mol. The highest BCUT2D eigenvalue weighted by Gasteiger charge is 2.31. The van der Waals surface area contributed by atoms with E-state index in [4.69, 9.17) is 37.1 Å². The van der Waals surface area contributed by atoms with Crippen molar-refractivity contribution in [1.82, 2.24) is 15.0 Å². The van der Waals surface area contributed by atoms with Crippen molar-refractivity contribution in [1.29, 1.82) is 0 Å². The fourth-order valence-electron chi connectivity index (χ4n) is 6.76. The van der Waals surface area contributed by atoms with Gasteiger partial charge >= 0.3 is 0 Å². The van der Waals surface area contributed by atoms with Gasteiger partial charge in [0.1, 0.15) is 23.9 Å². The van der Waals surface area contributed by atoms with Gasteiger partial charge in [-0.15, -0.1) is 0 Å². The minimum Gasteiger partial charge on any atom is -0.495 e. The molecule has 0 fully saturated rings. The molecular weight excluding hydrogens is 743 g/mol. The molecule has 4 aromatic carbocycles. The second-order valence-corrected chi connectivity index (χ2v) is 14.9. The first-order chi connectivity index (χ1) is 27.0. The van der Waals surface area contributed by atoms with Crippen molar-refractivity contribution in [3.05, 3.63) is 112 Å². The number of anilines is 1. The molecule has 15 heteroatoms. The minimum atomic E-state index is -1.04. The van der Waals surface area contributed by atoms with Crippen molar-refractivity contribution in [2.45, 2.75) is 37.1 Å². The Morgan fingerprint density at radius 1 is 0.821 bits per heavy atom. The van der Waals surface area contributed by atoms with Crippen molar-refractivity contribution in [3.63, 3.8) is 0 Å². The number of aromatic nitrogens is 2. The summed E-state index contributed by atoms with van der Waals surface area (Å²) in [6.07, 6.45) is 1.67. The maximum absolute atomic E-state index is 13.2. The zero-order valence-electron chi connectivity index (χ0n) is 31.2. The third-order valence-corrected chi connectivity index (χ3v) is 10.3. The Bertz CT molecular complexity index is 2090. The van der Waals surface area contributed by atoms with Gasteiger partial charge in [0.15, 0.2) is 0 Å². The summed E-state index contributed by atoms with van der Waals surface area (Å²) < 4.78 is 29.6. The topological polar surface area (TPSA) is 197 Å². The number of nitrogens with two attached hydrogens (primary N) is 2. The van der Waals surface area contributed by atoms with E-state index < -0.39 is 11.1 Å². The normalized spacial score (nSPS) is 14.2. The van der Waals surface area contributed by atoms with Crippen LogP contribution in [0.15, 0.2) is 83.4 Å². The molecule has 0 spiro atoms. The van der Waals surface area contributed by atoms with Gasteiger partial charge in [-0.25, -0.2) is 4.39 Å². The van der Waals surface area contributed by atoms with Crippen LogP contribution >= 0.6 is 11.6 Å². The third kappa shape index (κ3) is 9.83. The van der Waals surface area contributed by atoms with Crippen molar-refractivity contribution >= 4 is 17.3 Å². The van der Waals surface area contributed by atoms with Crippen LogP contribution in [0.1, 0.15) is 22.3 Å². The Kier molecular flexibility index (Phi) is 13.2. The Labute approximate surface area is 329 Å². The smallest absolute Gasteiger partial charge is 0.258 e. The lowest BCUT2D eigenvalue weighted by molar-refractivity contribution is 0.0785. The summed E-state index contributed by atoms with van der Waals surface area (Å²) in [7, 11) is 1.56. The average molecular weight is 791 g/mol. The molecule has 2 aliphatic rings. The number of ether oxygens (including phenoxy) is 2. The van der Waals surface area contributed by atoms with Gasteiger partial charge in [-0.2, -0.15) is 4.98 Å². The number of nitrogens with zero attached hydrogens (tertiary/aromatic N) is 4. The lowest BCUT2D eigenvalue weighted by Gasteiger charge is -2.35. The Balaban J connectivity index is 0.000000192. The molecule has 5 aromatic rings. The molecule has 7 rings (SSSR count). The quantitative estimate of drug-likeness (QED) is 0.0957. The van der Waals surface area contributed by atoms with Gasteiger partial charge < -0.3 is 50.8 Å². The molecule has 0 bridgehead atoms. The molecule has 56 heavy (non-hydrogen) atoms. The zero-order valence-corrected chi connectivity index (χ0v) is 32.0. The highest BCUT2D eigenvalue weighted by atomic mass is 35.5. The van der Waals surface area contributed by atoms with E-state index >= 15 is 0 Å². The van der Waals surface area contributed by atoms with Crippen LogP contribution in [-0.2, 0) is 26.0 Å². The van der Waals surface area contributed by atoms with Crippen molar-refractivity contribution in [3.8, 4) is 34.3 Å². The summed E-state index contributed by atoms with van der Waals surface area (Å²) in [5.74, 6) is 1.93. The second-order valence-electron chi connectivity index (χ2n) is 14.5. The molecule has 13 nitrogen and oxygen atoms in total. The van der Waals surface area contributed by atoms with Crippen LogP contribution in [0.25, 0.3) is 22.8 Å². The molecule has 3 heterocycles. The average Bonchev–Trinajstić information content (AvgIpc) is 3.88. The van der Waals surface area contributed by atoms with Crippen LogP contribution in [0.2, 0.25) is 5.02 Å². The molecule has 2 aliphatic heterocycles. The van der Waals surface area contributed by atoms with Crippen LogP contribution in [0.4, 0.5) is 10.1 Å². The number of aliphatic hydroxyl groups is 4. The summed E-state index contributed by atoms with van der Waals surface area (Å²) in [5.41, 5.74) is 16.9. The van der Waals surface area contributed by atoms with Crippen molar-refractivity contribution in [2.24, 2.45) is 11.5 Å². The van der Waals surface area contributed by atoms with E-state index in [2.05, 4.69) is 19.9 Å². The van der Waals surface area contributed by atoms with Gasteiger partial charge in [-0.05, 0) is 95.8 Å². The van der Waals surface area contributed by atoms with Gasteiger partial charge in [0, 0.05) is 49.5 Å². The Morgan fingerprint density at radius 2 is 1.55 bits per heavy atom. The van der Waals surface area contributed by atoms with Crippen LogP contribution in [0, 0.1) is 5.82 Å². The number of hydrogen-bond donors (Lipinski definition) is 6. The first-order valence-corrected chi connectivity index (χ1v) is 18.6. The fraction of sp³-hybridized carbons (Fsp3) is 0.366. The van der Waals surface area contributed by atoms with Gasteiger partial charge in [0.05, 0.1) is 49.6 Å². The lowest BCUT2D eigenvalue weighted by Crippen LogP contribution is -2.56. The minimum absolute atomic E-state index is 0.250. The Morgan fingerprint density at radius 3 is 2.27 bits per heavy atom. The second kappa shape index (κ2) is 18.1. The fourth-order valence-corrected chi connectivity index (χ4v) is 7.02. The highest BCUT2D eigenvalue weighted by molar-refractivity contribution is 6.32. The lowest BCUT2D eigenvalue weighted by atomic mass is 9.96. The molecule has 0 saturated carbocycles. The molecule has 1 aromatic heterocycles. The third-order valence-electron chi connectivity index (χ3n) is 10.0.